The Morgan fingerprint density at radius 3 is 2.59 bits per heavy atom. The number of ketones is 1. The van der Waals surface area contributed by atoms with E-state index in [1.165, 1.54) is 7.11 Å². The molecule has 0 N–H and O–H groups in total. The summed E-state index contributed by atoms with van der Waals surface area (Å²) in [5, 5.41) is 0. The van der Waals surface area contributed by atoms with E-state index < -0.39 is 5.41 Å². The molecule has 0 aromatic heterocycles. The molecule has 0 saturated heterocycles. The Bertz CT molecular complexity index is 424. The van der Waals surface area contributed by atoms with Crippen LogP contribution in [0.5, 0.6) is 0 Å². The smallest absolute Gasteiger partial charge is 0.319 e. The number of hydrogen-bond donors (Lipinski definition) is 0. The molecule has 0 bridgehead atoms. The summed E-state index contributed by atoms with van der Waals surface area (Å²) in [4.78, 5) is 23.9. The van der Waals surface area contributed by atoms with Crippen LogP contribution < -0.4 is 0 Å². The van der Waals surface area contributed by atoms with Crippen molar-refractivity contribution < 1.29 is 14.3 Å². The third-order valence-corrected chi connectivity index (χ3v) is 3.47. The van der Waals surface area contributed by atoms with E-state index in [2.05, 4.69) is 0 Å². The van der Waals surface area contributed by atoms with Gasteiger partial charge in [0.15, 0.2) is 5.78 Å². The van der Waals surface area contributed by atoms with Gasteiger partial charge in [0.2, 0.25) is 0 Å². The predicted molar refractivity (Wildman–Crippen MR) is 63.5 cm³/mol. The lowest BCUT2D eigenvalue weighted by Gasteiger charge is -2.24. The van der Waals surface area contributed by atoms with Crippen LogP contribution in [0.25, 0.3) is 0 Å². The number of ether oxygens (including phenoxy) is 1. The molecule has 1 aromatic rings. The fourth-order valence-corrected chi connectivity index (χ4v) is 2.54. The molecule has 2 rings (SSSR count). The molecule has 0 radical (unpaired) electrons. The first-order valence-corrected chi connectivity index (χ1v) is 5.85. The molecule has 1 saturated carbocycles. The van der Waals surface area contributed by atoms with Crippen LogP contribution in [0.4, 0.5) is 0 Å². The maximum Gasteiger partial charge on any atom is 0.319 e. The fourth-order valence-electron chi connectivity index (χ4n) is 2.54. The van der Waals surface area contributed by atoms with E-state index in [9.17, 15) is 9.59 Å². The fraction of sp³-hybridized carbons (Fsp3) is 0.429. The Balaban J connectivity index is 2.29. The van der Waals surface area contributed by atoms with Gasteiger partial charge in [0.25, 0.3) is 0 Å². The van der Waals surface area contributed by atoms with Gasteiger partial charge in [0.05, 0.1) is 7.11 Å². The summed E-state index contributed by atoms with van der Waals surface area (Å²) >= 11 is 0. The average molecular weight is 232 g/mol. The van der Waals surface area contributed by atoms with Crippen molar-refractivity contribution in [3.63, 3.8) is 0 Å². The van der Waals surface area contributed by atoms with Gasteiger partial charge in [-0.2, -0.15) is 0 Å². The zero-order chi connectivity index (χ0) is 12.3. The third kappa shape index (κ3) is 2.09. The number of carbonyl (C=O) groups is 2. The maximum absolute atomic E-state index is 12.0. The average Bonchev–Trinajstić information content (AvgIpc) is 2.72. The quantitative estimate of drug-likeness (QED) is 0.592. The summed E-state index contributed by atoms with van der Waals surface area (Å²) < 4.78 is 4.82. The lowest BCUT2D eigenvalue weighted by atomic mass is 9.79. The topological polar surface area (TPSA) is 43.4 Å². The number of Topliss-reactive ketones (excluding diaryl/α,β-unsaturated/α-hetero) is 1. The van der Waals surface area contributed by atoms with Crippen LogP contribution in [-0.2, 0) is 20.7 Å². The van der Waals surface area contributed by atoms with Crippen molar-refractivity contribution in [2.45, 2.75) is 25.7 Å². The summed E-state index contributed by atoms with van der Waals surface area (Å²) in [7, 11) is 1.35. The van der Waals surface area contributed by atoms with Gasteiger partial charge in [0, 0.05) is 6.42 Å². The number of esters is 1. The Morgan fingerprint density at radius 2 is 2.06 bits per heavy atom. The van der Waals surface area contributed by atoms with E-state index in [0.29, 0.717) is 19.3 Å². The molecule has 1 aromatic carbocycles. The van der Waals surface area contributed by atoms with Gasteiger partial charge in [-0.3, -0.25) is 9.59 Å². The molecule has 1 aliphatic rings. The molecule has 1 fully saturated rings. The minimum absolute atomic E-state index is 0.0215. The van der Waals surface area contributed by atoms with E-state index >= 15 is 0 Å². The minimum Gasteiger partial charge on any atom is -0.468 e. The monoisotopic (exact) mass is 232 g/mol. The van der Waals surface area contributed by atoms with Crippen molar-refractivity contribution in [3.05, 3.63) is 35.9 Å². The van der Waals surface area contributed by atoms with Crippen molar-refractivity contribution >= 4 is 11.8 Å². The summed E-state index contributed by atoms with van der Waals surface area (Å²) in [5.74, 6) is -0.364. The Hall–Kier alpha value is -1.64. The number of benzene rings is 1. The molecule has 17 heavy (non-hydrogen) atoms. The van der Waals surface area contributed by atoms with E-state index in [1.807, 2.05) is 30.3 Å². The highest BCUT2D eigenvalue weighted by atomic mass is 16.5. The molecule has 1 atom stereocenters. The normalized spacial score (nSPS) is 23.7. The summed E-state index contributed by atoms with van der Waals surface area (Å²) in [5.41, 5.74) is 0.0731. The molecule has 1 unspecified atom stereocenters. The number of hydrogen-bond acceptors (Lipinski definition) is 3. The lowest BCUT2D eigenvalue weighted by molar-refractivity contribution is -0.156. The molecule has 0 amide bonds. The SMILES string of the molecule is COC(=O)C1(Cc2ccccc2)CCCC1=O. The van der Waals surface area contributed by atoms with Crippen molar-refractivity contribution in [1.29, 1.82) is 0 Å². The molecule has 90 valence electrons. The van der Waals surface area contributed by atoms with Gasteiger partial charge in [-0.1, -0.05) is 30.3 Å². The minimum atomic E-state index is -0.934. The lowest BCUT2D eigenvalue weighted by Crippen LogP contribution is -2.38. The van der Waals surface area contributed by atoms with Gasteiger partial charge in [-0.15, -0.1) is 0 Å². The van der Waals surface area contributed by atoms with Crippen LogP contribution in [0, 0.1) is 5.41 Å². The molecule has 3 nitrogen and oxygen atoms in total. The molecule has 0 spiro atoms. The first-order chi connectivity index (χ1) is 8.19. The van der Waals surface area contributed by atoms with E-state index in [1.54, 1.807) is 0 Å². The first kappa shape index (κ1) is 11.8. The predicted octanol–water partition coefficient (Wildman–Crippen LogP) is 2.14. The molecular weight excluding hydrogens is 216 g/mol. The van der Waals surface area contributed by atoms with Crippen LogP contribution in [-0.4, -0.2) is 18.9 Å². The first-order valence-electron chi connectivity index (χ1n) is 5.85. The van der Waals surface area contributed by atoms with Crippen LogP contribution in [0.15, 0.2) is 30.3 Å². The van der Waals surface area contributed by atoms with E-state index in [0.717, 1.165) is 12.0 Å². The van der Waals surface area contributed by atoms with Crippen LogP contribution >= 0.6 is 0 Å². The van der Waals surface area contributed by atoms with Gasteiger partial charge >= 0.3 is 5.97 Å². The molecule has 1 aliphatic carbocycles. The second-order valence-electron chi connectivity index (χ2n) is 4.51. The zero-order valence-corrected chi connectivity index (χ0v) is 9.94. The van der Waals surface area contributed by atoms with Crippen molar-refractivity contribution in [2.75, 3.05) is 7.11 Å². The molecular formula is C14H16O3. The van der Waals surface area contributed by atoms with E-state index in [4.69, 9.17) is 4.74 Å². The van der Waals surface area contributed by atoms with E-state index in [-0.39, 0.29) is 11.8 Å². The van der Waals surface area contributed by atoms with Gasteiger partial charge < -0.3 is 4.74 Å². The van der Waals surface area contributed by atoms with Crippen LogP contribution in [0.3, 0.4) is 0 Å². The third-order valence-electron chi connectivity index (χ3n) is 3.47. The summed E-state index contributed by atoms with van der Waals surface area (Å²) in [6.07, 6.45) is 2.33. The summed E-state index contributed by atoms with van der Waals surface area (Å²) in [6, 6.07) is 9.64. The number of rotatable bonds is 3. The molecule has 0 aliphatic heterocycles. The Morgan fingerprint density at radius 1 is 1.35 bits per heavy atom. The Labute approximate surface area is 101 Å². The molecule has 0 heterocycles. The molecule has 3 heteroatoms. The van der Waals surface area contributed by atoms with Crippen LogP contribution in [0.1, 0.15) is 24.8 Å². The largest absolute Gasteiger partial charge is 0.468 e. The standard InChI is InChI=1S/C14H16O3/c1-17-13(16)14(9-5-8-12(14)15)10-11-6-3-2-4-7-11/h2-4,6-7H,5,8-10H2,1H3. The number of carbonyl (C=O) groups excluding carboxylic acids is 2. The second-order valence-corrected chi connectivity index (χ2v) is 4.51. The van der Waals surface area contributed by atoms with Crippen molar-refractivity contribution in [1.82, 2.24) is 0 Å². The van der Waals surface area contributed by atoms with Gasteiger partial charge in [-0.25, -0.2) is 0 Å². The maximum atomic E-state index is 12.0. The second kappa shape index (κ2) is 4.70. The van der Waals surface area contributed by atoms with Crippen LogP contribution in [0.2, 0.25) is 0 Å². The highest BCUT2D eigenvalue weighted by Crippen LogP contribution is 2.39. The van der Waals surface area contributed by atoms with Crippen molar-refractivity contribution in [2.24, 2.45) is 5.41 Å². The summed E-state index contributed by atoms with van der Waals surface area (Å²) in [6.45, 7) is 0. The Kier molecular flexibility index (Phi) is 3.27. The van der Waals surface area contributed by atoms with Gasteiger partial charge in [0.1, 0.15) is 5.41 Å². The zero-order valence-electron chi connectivity index (χ0n) is 9.94. The highest BCUT2D eigenvalue weighted by Gasteiger charge is 2.49. The highest BCUT2D eigenvalue weighted by molar-refractivity contribution is 6.05. The van der Waals surface area contributed by atoms with Crippen molar-refractivity contribution in [3.8, 4) is 0 Å². The number of methoxy groups -OCH3 is 1. The van der Waals surface area contributed by atoms with Gasteiger partial charge in [-0.05, 0) is 24.8 Å².